The van der Waals surface area contributed by atoms with Crippen LogP contribution >= 0.6 is 0 Å². The first-order chi connectivity index (χ1) is 15.7. The van der Waals surface area contributed by atoms with Gasteiger partial charge in [-0.1, -0.05) is 12.1 Å². The molecule has 0 bridgehead atoms. The number of carbonyl (C=O) groups is 1. The number of hydrogen-bond acceptors (Lipinski definition) is 9. The zero-order valence-electron chi connectivity index (χ0n) is 17.9. The van der Waals surface area contributed by atoms with E-state index in [0.717, 1.165) is 0 Å². The zero-order chi connectivity index (χ0) is 23.7. The quantitative estimate of drug-likeness (QED) is 0.438. The highest BCUT2D eigenvalue weighted by Gasteiger charge is 2.24. The minimum Gasteiger partial charge on any atom is -0.501 e. The predicted octanol–water partition coefficient (Wildman–Crippen LogP) is 2.65. The summed E-state index contributed by atoms with van der Waals surface area (Å²) in [5.74, 6) is -1.93. The monoisotopic (exact) mass is 454 g/mol. The number of rotatable bonds is 6. The lowest BCUT2D eigenvalue weighted by molar-refractivity contribution is -0.0713. The summed E-state index contributed by atoms with van der Waals surface area (Å²) >= 11 is 0. The summed E-state index contributed by atoms with van der Waals surface area (Å²) in [6.07, 6.45) is 1.24. The van der Waals surface area contributed by atoms with Gasteiger partial charge in [-0.15, -0.1) is 5.06 Å². The van der Waals surface area contributed by atoms with Crippen molar-refractivity contribution in [3.63, 3.8) is 0 Å². The van der Waals surface area contributed by atoms with Gasteiger partial charge in [0.25, 0.3) is 0 Å². The Morgan fingerprint density at radius 1 is 1.24 bits per heavy atom. The number of benzene rings is 2. The molecule has 2 aromatic carbocycles. The summed E-state index contributed by atoms with van der Waals surface area (Å²) in [6, 6.07) is 8.22. The van der Waals surface area contributed by atoms with E-state index < -0.39 is 23.0 Å². The SMILES string of the molecule is CN(C)OC(=O)c1cc(OCc2ccc(F)cc2)c2c(=O)c(O)c(-c3ncnn3C)oc2c1. The van der Waals surface area contributed by atoms with E-state index in [4.69, 9.17) is 14.0 Å². The Hall–Kier alpha value is -4.25. The topological polar surface area (TPSA) is 120 Å². The van der Waals surface area contributed by atoms with Crippen LogP contribution in [-0.4, -0.2) is 45.0 Å². The second kappa shape index (κ2) is 8.71. The molecule has 0 unspecified atom stereocenters. The van der Waals surface area contributed by atoms with Crippen molar-refractivity contribution in [3.05, 3.63) is 69.9 Å². The summed E-state index contributed by atoms with van der Waals surface area (Å²) in [6.45, 7) is -0.0349. The first-order valence-corrected chi connectivity index (χ1v) is 9.69. The van der Waals surface area contributed by atoms with Crippen molar-refractivity contribution in [2.45, 2.75) is 6.61 Å². The molecule has 0 aliphatic carbocycles. The molecule has 4 aromatic rings. The number of fused-ring (bicyclic) bond motifs is 1. The standard InChI is InChI=1S/C22H19FN4O6/c1-26(2)33-22(30)13-8-15(31-10-12-4-6-14(23)7-5-12)17-16(9-13)32-20(19(29)18(17)28)21-24-11-25-27(21)3/h4-9,11,29H,10H2,1-3H3. The van der Waals surface area contributed by atoms with Crippen LogP contribution in [0.2, 0.25) is 0 Å². The van der Waals surface area contributed by atoms with Crippen molar-refractivity contribution >= 4 is 16.9 Å². The molecule has 0 saturated carbocycles. The van der Waals surface area contributed by atoms with Crippen LogP contribution in [0.3, 0.4) is 0 Å². The number of aromatic nitrogens is 3. The molecule has 2 heterocycles. The van der Waals surface area contributed by atoms with Crippen molar-refractivity contribution in [1.82, 2.24) is 19.8 Å². The van der Waals surface area contributed by atoms with Gasteiger partial charge in [-0.25, -0.2) is 18.9 Å². The second-order valence-corrected chi connectivity index (χ2v) is 7.27. The van der Waals surface area contributed by atoms with E-state index in [0.29, 0.717) is 5.56 Å². The molecule has 0 aliphatic rings. The van der Waals surface area contributed by atoms with Crippen LogP contribution in [0.15, 0.2) is 51.9 Å². The third-order valence-corrected chi connectivity index (χ3v) is 4.66. The normalized spacial score (nSPS) is 11.2. The Kier molecular flexibility index (Phi) is 5.80. The number of nitrogens with zero attached hydrogens (tertiary/aromatic N) is 4. The summed E-state index contributed by atoms with van der Waals surface area (Å²) in [4.78, 5) is 34.7. The lowest BCUT2D eigenvalue weighted by atomic mass is 10.1. The summed E-state index contributed by atoms with van der Waals surface area (Å²) in [7, 11) is 4.64. The molecular formula is C22H19FN4O6. The maximum atomic E-state index is 13.2. The lowest BCUT2D eigenvalue weighted by Gasteiger charge is -2.14. The number of aryl methyl sites for hydroxylation is 1. The Morgan fingerprint density at radius 2 is 1.97 bits per heavy atom. The van der Waals surface area contributed by atoms with Gasteiger partial charge in [-0.2, -0.15) is 5.10 Å². The molecule has 33 heavy (non-hydrogen) atoms. The van der Waals surface area contributed by atoms with Crippen molar-refractivity contribution in [2.75, 3.05) is 14.1 Å². The maximum absolute atomic E-state index is 13.2. The third-order valence-electron chi connectivity index (χ3n) is 4.66. The molecule has 2 aromatic heterocycles. The van der Waals surface area contributed by atoms with Crippen LogP contribution in [0, 0.1) is 5.82 Å². The smallest absolute Gasteiger partial charge is 0.357 e. The number of ether oxygens (including phenoxy) is 1. The van der Waals surface area contributed by atoms with Gasteiger partial charge in [0.2, 0.25) is 16.9 Å². The largest absolute Gasteiger partial charge is 0.501 e. The highest BCUT2D eigenvalue weighted by atomic mass is 19.1. The van der Waals surface area contributed by atoms with E-state index >= 15 is 0 Å². The number of carbonyl (C=O) groups excluding carboxylic acids is 1. The molecule has 0 atom stereocenters. The minimum atomic E-state index is -0.782. The average molecular weight is 454 g/mol. The van der Waals surface area contributed by atoms with Crippen molar-refractivity contribution in [1.29, 1.82) is 0 Å². The van der Waals surface area contributed by atoms with E-state index in [1.54, 1.807) is 7.05 Å². The molecule has 0 fully saturated rings. The Balaban J connectivity index is 1.87. The molecule has 1 N–H and O–H groups in total. The van der Waals surface area contributed by atoms with Gasteiger partial charge >= 0.3 is 5.97 Å². The van der Waals surface area contributed by atoms with Gasteiger partial charge in [0, 0.05) is 21.1 Å². The van der Waals surface area contributed by atoms with Gasteiger partial charge in [0.15, 0.2) is 5.82 Å². The first-order valence-electron chi connectivity index (χ1n) is 9.69. The van der Waals surface area contributed by atoms with Crippen LogP contribution in [0.25, 0.3) is 22.6 Å². The number of halogens is 1. The summed E-state index contributed by atoms with van der Waals surface area (Å²) in [5.41, 5.74) is -0.146. The van der Waals surface area contributed by atoms with Gasteiger partial charge in [-0.3, -0.25) is 4.79 Å². The highest BCUT2D eigenvalue weighted by molar-refractivity contribution is 5.97. The van der Waals surface area contributed by atoms with Crippen LogP contribution < -0.4 is 10.2 Å². The Bertz CT molecular complexity index is 1390. The highest BCUT2D eigenvalue weighted by Crippen LogP contribution is 2.33. The molecular weight excluding hydrogens is 435 g/mol. The maximum Gasteiger partial charge on any atom is 0.357 e. The van der Waals surface area contributed by atoms with Gasteiger partial charge in [-0.05, 0) is 29.8 Å². The van der Waals surface area contributed by atoms with Crippen LogP contribution in [0.4, 0.5) is 4.39 Å². The Labute approximate surface area is 186 Å². The fraction of sp³-hybridized carbons (Fsp3) is 0.182. The number of hydroxylamine groups is 2. The zero-order valence-corrected chi connectivity index (χ0v) is 17.9. The lowest BCUT2D eigenvalue weighted by Crippen LogP contribution is -2.19. The van der Waals surface area contributed by atoms with E-state index in [1.165, 1.54) is 66.6 Å². The molecule has 0 radical (unpaired) electrons. The fourth-order valence-electron chi connectivity index (χ4n) is 3.12. The van der Waals surface area contributed by atoms with Crippen molar-refractivity contribution < 1.29 is 28.3 Å². The van der Waals surface area contributed by atoms with Gasteiger partial charge in [0.1, 0.15) is 35.5 Å². The van der Waals surface area contributed by atoms with E-state index in [1.807, 2.05) is 0 Å². The van der Waals surface area contributed by atoms with E-state index in [2.05, 4.69) is 10.1 Å². The van der Waals surface area contributed by atoms with Gasteiger partial charge < -0.3 is 19.1 Å². The predicted molar refractivity (Wildman–Crippen MR) is 114 cm³/mol. The van der Waals surface area contributed by atoms with E-state index in [9.17, 15) is 19.1 Å². The molecule has 0 spiro atoms. The van der Waals surface area contributed by atoms with E-state index in [-0.39, 0.29) is 40.5 Å². The fourth-order valence-corrected chi connectivity index (χ4v) is 3.12. The van der Waals surface area contributed by atoms with Crippen molar-refractivity contribution in [2.24, 2.45) is 7.05 Å². The average Bonchev–Trinajstić information content (AvgIpc) is 3.20. The number of hydrogen-bond donors (Lipinski definition) is 1. The molecule has 170 valence electrons. The van der Waals surface area contributed by atoms with Crippen LogP contribution in [0.5, 0.6) is 11.5 Å². The Morgan fingerprint density at radius 3 is 2.61 bits per heavy atom. The van der Waals surface area contributed by atoms with Crippen LogP contribution in [-0.2, 0) is 18.5 Å². The molecule has 11 heteroatoms. The second-order valence-electron chi connectivity index (χ2n) is 7.27. The molecule has 0 aliphatic heterocycles. The van der Waals surface area contributed by atoms with Gasteiger partial charge in [0.05, 0.1) is 5.56 Å². The third kappa shape index (κ3) is 4.39. The minimum absolute atomic E-state index is 0.0175. The summed E-state index contributed by atoms with van der Waals surface area (Å²) < 4.78 is 26.1. The summed E-state index contributed by atoms with van der Waals surface area (Å²) in [5, 5.41) is 15.6. The molecule has 4 rings (SSSR count). The number of aromatic hydroxyl groups is 1. The first kappa shape index (κ1) is 22.0. The molecule has 0 amide bonds. The molecule has 0 saturated heterocycles. The van der Waals surface area contributed by atoms with Crippen LogP contribution in [0.1, 0.15) is 15.9 Å². The molecule has 10 nitrogen and oxygen atoms in total. The van der Waals surface area contributed by atoms with Crippen molar-refractivity contribution in [3.8, 4) is 23.1 Å².